The Kier molecular flexibility index (Phi) is 3.48. The lowest BCUT2D eigenvalue weighted by molar-refractivity contribution is -0.150. The van der Waals surface area contributed by atoms with Gasteiger partial charge in [-0.3, -0.25) is 0 Å². The van der Waals surface area contributed by atoms with E-state index in [1.165, 1.54) is 4.72 Å². The van der Waals surface area contributed by atoms with Crippen LogP contribution in [0.1, 0.15) is 0 Å². The Labute approximate surface area is 62.7 Å². The van der Waals surface area contributed by atoms with Crippen LogP contribution in [-0.4, -0.2) is 36.6 Å². The van der Waals surface area contributed by atoms with Crippen molar-refractivity contribution < 1.29 is 28.2 Å². The molecule has 0 unspecified atom stereocenters. The number of aliphatic carboxylic acids is 2. The van der Waals surface area contributed by atoms with E-state index < -0.39 is 28.9 Å². The van der Waals surface area contributed by atoms with Crippen LogP contribution in [0.25, 0.3) is 0 Å². The van der Waals surface area contributed by atoms with Crippen molar-refractivity contribution in [3.05, 3.63) is 0 Å². The SMILES string of the molecule is O=C(O)C(N[SH](=O)=O)C(=O)O. The van der Waals surface area contributed by atoms with Gasteiger partial charge >= 0.3 is 11.9 Å². The van der Waals surface area contributed by atoms with E-state index in [1.54, 1.807) is 0 Å². The number of thiol groups is 1. The highest BCUT2D eigenvalue weighted by Gasteiger charge is 2.25. The van der Waals surface area contributed by atoms with Gasteiger partial charge in [-0.2, -0.15) is 4.72 Å². The van der Waals surface area contributed by atoms with E-state index >= 15 is 0 Å². The summed E-state index contributed by atoms with van der Waals surface area (Å²) in [5.41, 5.74) is 0. The van der Waals surface area contributed by atoms with Gasteiger partial charge in [0.05, 0.1) is 0 Å². The molecule has 0 spiro atoms. The number of rotatable bonds is 4. The molecule has 8 heteroatoms. The van der Waals surface area contributed by atoms with Crippen molar-refractivity contribution in [1.82, 2.24) is 4.72 Å². The lowest BCUT2D eigenvalue weighted by Crippen LogP contribution is -2.42. The fourth-order valence-electron chi connectivity index (χ4n) is 0.321. The Morgan fingerprint density at radius 3 is 1.64 bits per heavy atom. The second kappa shape index (κ2) is 3.88. The standard InChI is InChI=1S/C3H5NO6S/c5-2(6)1(3(7)8)4-11(9)10/h1,11H,(H,5,6)(H,7,8)(H,4,9,10). The predicted octanol–water partition coefficient (Wildman–Crippen LogP) is -2.36. The summed E-state index contributed by atoms with van der Waals surface area (Å²) in [7, 11) is -3.22. The molecule has 0 aromatic heterocycles. The quantitative estimate of drug-likeness (QED) is 0.286. The molecule has 0 heterocycles. The fourth-order valence-corrected chi connectivity index (χ4v) is 0.753. The van der Waals surface area contributed by atoms with Gasteiger partial charge in [-0.05, 0) is 0 Å². The van der Waals surface area contributed by atoms with E-state index in [0.717, 1.165) is 0 Å². The number of carbonyl (C=O) groups is 2. The summed E-state index contributed by atoms with van der Waals surface area (Å²) in [5, 5.41) is 16.2. The van der Waals surface area contributed by atoms with Crippen molar-refractivity contribution in [2.45, 2.75) is 6.04 Å². The van der Waals surface area contributed by atoms with E-state index in [9.17, 15) is 18.0 Å². The maximum Gasteiger partial charge on any atom is 0.333 e. The topological polar surface area (TPSA) is 121 Å². The summed E-state index contributed by atoms with van der Waals surface area (Å²) in [6, 6.07) is -2.10. The van der Waals surface area contributed by atoms with Gasteiger partial charge in [-0.15, -0.1) is 0 Å². The highest BCUT2D eigenvalue weighted by molar-refractivity contribution is 7.70. The van der Waals surface area contributed by atoms with Gasteiger partial charge in [0.1, 0.15) is 0 Å². The Balaban J connectivity index is 4.35. The third-order valence-corrected chi connectivity index (χ3v) is 1.20. The minimum Gasteiger partial charge on any atom is -0.480 e. The van der Waals surface area contributed by atoms with Crippen molar-refractivity contribution in [3.8, 4) is 0 Å². The molecule has 7 nitrogen and oxygen atoms in total. The van der Waals surface area contributed by atoms with Crippen molar-refractivity contribution in [2.24, 2.45) is 0 Å². The van der Waals surface area contributed by atoms with E-state index in [4.69, 9.17) is 10.2 Å². The van der Waals surface area contributed by atoms with Gasteiger partial charge in [0.2, 0.25) is 16.9 Å². The average molecular weight is 183 g/mol. The Hall–Kier alpha value is -1.15. The highest BCUT2D eigenvalue weighted by Crippen LogP contribution is 1.82. The third kappa shape index (κ3) is 3.53. The van der Waals surface area contributed by atoms with Crippen molar-refractivity contribution >= 4 is 22.8 Å². The maximum absolute atomic E-state index is 9.97. The van der Waals surface area contributed by atoms with Gasteiger partial charge < -0.3 is 10.2 Å². The maximum atomic E-state index is 9.97. The molecule has 0 radical (unpaired) electrons. The highest BCUT2D eigenvalue weighted by atomic mass is 32.2. The Bertz CT molecular complexity index is 222. The number of carboxylic acids is 2. The van der Waals surface area contributed by atoms with Gasteiger partial charge in [0.15, 0.2) is 0 Å². The summed E-state index contributed by atoms with van der Waals surface area (Å²) in [6.45, 7) is 0. The van der Waals surface area contributed by atoms with E-state index in [2.05, 4.69) is 0 Å². The zero-order chi connectivity index (χ0) is 9.02. The molecule has 0 aromatic carbocycles. The predicted molar refractivity (Wildman–Crippen MR) is 32.5 cm³/mol. The second-order valence-electron chi connectivity index (χ2n) is 1.50. The summed E-state index contributed by atoms with van der Waals surface area (Å²) in [4.78, 5) is 19.9. The third-order valence-electron chi connectivity index (χ3n) is 0.728. The molecule has 0 atom stereocenters. The van der Waals surface area contributed by atoms with Gasteiger partial charge in [0, 0.05) is 0 Å². The van der Waals surface area contributed by atoms with Crippen molar-refractivity contribution in [1.29, 1.82) is 0 Å². The average Bonchev–Trinajstić information content (AvgIpc) is 1.81. The number of hydrogen-bond acceptors (Lipinski definition) is 4. The van der Waals surface area contributed by atoms with Gasteiger partial charge in [-0.1, -0.05) is 0 Å². The van der Waals surface area contributed by atoms with Crippen LogP contribution in [0, 0.1) is 0 Å². The van der Waals surface area contributed by atoms with Crippen LogP contribution >= 0.6 is 0 Å². The molecular weight excluding hydrogens is 178 g/mol. The Morgan fingerprint density at radius 2 is 1.55 bits per heavy atom. The number of nitrogens with one attached hydrogen (secondary N) is 1. The lowest BCUT2D eigenvalue weighted by Gasteiger charge is -2.01. The van der Waals surface area contributed by atoms with Crippen LogP contribution in [0.4, 0.5) is 0 Å². The molecule has 3 N–H and O–H groups in total. The van der Waals surface area contributed by atoms with Crippen LogP contribution in [-0.2, 0) is 20.5 Å². The number of carboxylic acid groups (broad SMARTS) is 2. The molecule has 64 valence electrons. The summed E-state index contributed by atoms with van der Waals surface area (Å²) in [6.07, 6.45) is 0. The molecule has 0 aliphatic rings. The molecule has 0 amide bonds. The van der Waals surface area contributed by atoms with Crippen LogP contribution in [0.2, 0.25) is 0 Å². The van der Waals surface area contributed by atoms with Crippen LogP contribution in [0.3, 0.4) is 0 Å². The first-order chi connectivity index (χ1) is 4.95. The summed E-state index contributed by atoms with van der Waals surface area (Å²) < 4.78 is 21.0. The smallest absolute Gasteiger partial charge is 0.333 e. The van der Waals surface area contributed by atoms with E-state index in [-0.39, 0.29) is 0 Å². The minimum atomic E-state index is -3.22. The van der Waals surface area contributed by atoms with E-state index in [1.807, 2.05) is 0 Å². The van der Waals surface area contributed by atoms with Crippen molar-refractivity contribution in [3.63, 3.8) is 0 Å². The summed E-state index contributed by atoms with van der Waals surface area (Å²) >= 11 is 0. The van der Waals surface area contributed by atoms with Crippen molar-refractivity contribution in [2.75, 3.05) is 0 Å². The number of hydrogen-bond donors (Lipinski definition) is 4. The van der Waals surface area contributed by atoms with Crippen LogP contribution < -0.4 is 4.72 Å². The Morgan fingerprint density at radius 1 is 1.18 bits per heavy atom. The second-order valence-corrected chi connectivity index (χ2v) is 2.27. The summed E-state index contributed by atoms with van der Waals surface area (Å²) in [5.74, 6) is -3.51. The van der Waals surface area contributed by atoms with E-state index in [0.29, 0.717) is 0 Å². The normalized spacial score (nSPS) is 10.4. The first kappa shape index (κ1) is 9.85. The monoisotopic (exact) mass is 183 g/mol. The minimum absolute atomic E-state index is 1.33. The molecule has 0 fully saturated rings. The molecule has 0 rings (SSSR count). The molecule has 0 saturated heterocycles. The molecule has 0 saturated carbocycles. The van der Waals surface area contributed by atoms with Crippen LogP contribution in [0.5, 0.6) is 0 Å². The van der Waals surface area contributed by atoms with Gasteiger partial charge in [-0.25, -0.2) is 18.0 Å². The fraction of sp³-hybridized carbons (Fsp3) is 0.333. The zero-order valence-corrected chi connectivity index (χ0v) is 5.95. The lowest BCUT2D eigenvalue weighted by atomic mass is 10.3. The molecule has 0 aliphatic heterocycles. The first-order valence-corrected chi connectivity index (χ1v) is 3.49. The molecule has 0 bridgehead atoms. The molecule has 0 aliphatic carbocycles. The van der Waals surface area contributed by atoms with Gasteiger partial charge in [0.25, 0.3) is 0 Å². The molecule has 11 heavy (non-hydrogen) atoms. The first-order valence-electron chi connectivity index (χ1n) is 2.31. The molecular formula is C3H5NO6S. The van der Waals surface area contributed by atoms with Crippen LogP contribution in [0.15, 0.2) is 0 Å². The molecule has 0 aromatic rings. The largest absolute Gasteiger partial charge is 0.480 e. The zero-order valence-electron chi connectivity index (χ0n) is 5.05.